The molecule has 0 atom stereocenters. The molecule has 0 bridgehead atoms. The lowest BCUT2D eigenvalue weighted by molar-refractivity contribution is -0.126. The number of anilines is 1. The average molecular weight is 409 g/mol. The fraction of sp³-hybridized carbons (Fsp3) is 0.400. The summed E-state index contributed by atoms with van der Waals surface area (Å²) in [6.07, 6.45) is 4.43. The molecule has 1 heterocycles. The summed E-state index contributed by atoms with van der Waals surface area (Å²) in [5.74, 6) is 1.45. The van der Waals surface area contributed by atoms with Crippen molar-refractivity contribution >= 4 is 17.7 Å². The van der Waals surface area contributed by atoms with Crippen molar-refractivity contribution in [1.29, 1.82) is 0 Å². The van der Waals surface area contributed by atoms with Gasteiger partial charge in [-0.1, -0.05) is 25.1 Å². The highest BCUT2D eigenvalue weighted by Gasteiger charge is 2.21. The summed E-state index contributed by atoms with van der Waals surface area (Å²) in [6.45, 7) is 10.2. The van der Waals surface area contributed by atoms with Gasteiger partial charge in [-0.25, -0.2) is 0 Å². The zero-order chi connectivity index (χ0) is 21.5. The molecule has 0 radical (unpaired) electrons. The van der Waals surface area contributed by atoms with Gasteiger partial charge in [0, 0.05) is 37.9 Å². The number of ether oxygens (including phenoxy) is 2. The second kappa shape index (κ2) is 10.2. The minimum atomic E-state index is 0.0425. The van der Waals surface area contributed by atoms with Crippen molar-refractivity contribution in [2.24, 2.45) is 0 Å². The first kappa shape index (κ1) is 21.8. The molecule has 0 aromatic heterocycles. The Morgan fingerprint density at radius 1 is 1.07 bits per heavy atom. The van der Waals surface area contributed by atoms with E-state index in [0.717, 1.165) is 43.9 Å². The molecule has 1 fully saturated rings. The topological polar surface area (TPSA) is 42.0 Å². The first-order chi connectivity index (χ1) is 14.5. The minimum Gasteiger partial charge on any atom is -0.493 e. The van der Waals surface area contributed by atoms with Crippen LogP contribution in [0.25, 0.3) is 6.08 Å². The number of hydrogen-bond donors (Lipinski definition) is 0. The Hall–Kier alpha value is -2.95. The van der Waals surface area contributed by atoms with Gasteiger partial charge < -0.3 is 19.3 Å². The van der Waals surface area contributed by atoms with Gasteiger partial charge in [-0.05, 0) is 61.2 Å². The molecule has 2 aromatic rings. The highest BCUT2D eigenvalue weighted by molar-refractivity contribution is 5.92. The van der Waals surface area contributed by atoms with Gasteiger partial charge in [0.15, 0.2) is 11.5 Å². The average Bonchev–Trinajstić information content (AvgIpc) is 2.78. The van der Waals surface area contributed by atoms with Crippen LogP contribution >= 0.6 is 0 Å². The molecule has 2 aromatic carbocycles. The van der Waals surface area contributed by atoms with E-state index in [1.807, 2.05) is 29.2 Å². The SMILES string of the molecule is CCCOc1ccc(/C=C/C(=O)N2CCN(c3cccc(C)c3C)CC2)cc1OC. The number of aryl methyl sites for hydroxylation is 1. The van der Waals surface area contributed by atoms with E-state index in [9.17, 15) is 4.79 Å². The molecule has 0 aliphatic carbocycles. The Balaban J connectivity index is 1.59. The molecule has 1 saturated heterocycles. The Bertz CT molecular complexity index is 899. The molecule has 30 heavy (non-hydrogen) atoms. The fourth-order valence-corrected chi connectivity index (χ4v) is 3.64. The van der Waals surface area contributed by atoms with Crippen LogP contribution in [0.15, 0.2) is 42.5 Å². The molecule has 0 unspecified atom stereocenters. The maximum Gasteiger partial charge on any atom is 0.246 e. The molecule has 0 N–H and O–H groups in total. The normalized spacial score (nSPS) is 14.3. The monoisotopic (exact) mass is 408 g/mol. The van der Waals surface area contributed by atoms with Crippen LogP contribution < -0.4 is 14.4 Å². The van der Waals surface area contributed by atoms with E-state index >= 15 is 0 Å². The summed E-state index contributed by atoms with van der Waals surface area (Å²) in [7, 11) is 1.63. The van der Waals surface area contributed by atoms with Crippen molar-refractivity contribution in [2.45, 2.75) is 27.2 Å². The number of carbonyl (C=O) groups is 1. The maximum atomic E-state index is 12.7. The first-order valence-electron chi connectivity index (χ1n) is 10.6. The summed E-state index contributed by atoms with van der Waals surface area (Å²) >= 11 is 0. The highest BCUT2D eigenvalue weighted by Crippen LogP contribution is 2.29. The number of benzene rings is 2. The third kappa shape index (κ3) is 5.15. The van der Waals surface area contributed by atoms with Crippen molar-refractivity contribution in [1.82, 2.24) is 4.90 Å². The number of rotatable bonds is 7. The lowest BCUT2D eigenvalue weighted by Gasteiger charge is -2.36. The maximum absolute atomic E-state index is 12.7. The molecule has 1 aliphatic rings. The van der Waals surface area contributed by atoms with E-state index in [4.69, 9.17) is 9.47 Å². The van der Waals surface area contributed by atoms with Crippen LogP contribution in [-0.4, -0.2) is 50.7 Å². The number of carbonyl (C=O) groups excluding carboxylic acids is 1. The van der Waals surface area contributed by atoms with E-state index in [-0.39, 0.29) is 5.91 Å². The molecule has 3 rings (SSSR count). The van der Waals surface area contributed by atoms with Gasteiger partial charge in [0.05, 0.1) is 13.7 Å². The second-order valence-electron chi connectivity index (χ2n) is 7.62. The largest absolute Gasteiger partial charge is 0.493 e. The summed E-state index contributed by atoms with van der Waals surface area (Å²) in [5, 5.41) is 0. The highest BCUT2D eigenvalue weighted by atomic mass is 16.5. The quantitative estimate of drug-likeness (QED) is 0.634. The molecule has 1 aliphatic heterocycles. The van der Waals surface area contributed by atoms with Gasteiger partial charge in [0.1, 0.15) is 0 Å². The van der Waals surface area contributed by atoms with Crippen LogP contribution in [-0.2, 0) is 4.79 Å². The third-order valence-electron chi connectivity index (χ3n) is 5.58. The zero-order valence-electron chi connectivity index (χ0n) is 18.5. The molecular formula is C25H32N2O3. The number of nitrogens with zero attached hydrogens (tertiary/aromatic N) is 2. The molecular weight excluding hydrogens is 376 g/mol. The van der Waals surface area contributed by atoms with E-state index in [1.54, 1.807) is 13.2 Å². The van der Waals surface area contributed by atoms with Crippen LogP contribution in [0.3, 0.4) is 0 Å². The third-order valence-corrected chi connectivity index (χ3v) is 5.58. The van der Waals surface area contributed by atoms with Gasteiger partial charge in [-0.3, -0.25) is 4.79 Å². The van der Waals surface area contributed by atoms with Crippen molar-refractivity contribution in [3.63, 3.8) is 0 Å². The zero-order valence-corrected chi connectivity index (χ0v) is 18.5. The van der Waals surface area contributed by atoms with Crippen molar-refractivity contribution < 1.29 is 14.3 Å². The molecule has 5 nitrogen and oxygen atoms in total. The Labute approximate surface area is 179 Å². The summed E-state index contributed by atoms with van der Waals surface area (Å²) in [5.41, 5.74) is 4.81. The fourth-order valence-electron chi connectivity index (χ4n) is 3.64. The Morgan fingerprint density at radius 3 is 2.53 bits per heavy atom. The standard InChI is InChI=1S/C25H32N2O3/c1-5-17-30-23-11-9-21(18-24(23)29-4)10-12-25(28)27-15-13-26(14-16-27)22-8-6-7-19(2)20(22)3/h6-12,18H,5,13-17H2,1-4H3/b12-10+. The van der Waals surface area contributed by atoms with E-state index in [1.165, 1.54) is 16.8 Å². The van der Waals surface area contributed by atoms with Crippen LogP contribution in [0.1, 0.15) is 30.0 Å². The molecule has 160 valence electrons. The Morgan fingerprint density at radius 2 is 1.83 bits per heavy atom. The van der Waals surface area contributed by atoms with Crippen LogP contribution in [0, 0.1) is 13.8 Å². The number of piperazine rings is 1. The summed E-state index contributed by atoms with van der Waals surface area (Å²) in [4.78, 5) is 16.9. The van der Waals surface area contributed by atoms with Crippen molar-refractivity contribution in [3.05, 3.63) is 59.2 Å². The number of methoxy groups -OCH3 is 1. The lowest BCUT2D eigenvalue weighted by atomic mass is 10.1. The smallest absolute Gasteiger partial charge is 0.246 e. The van der Waals surface area contributed by atoms with Crippen molar-refractivity contribution in [2.75, 3.05) is 44.8 Å². The Kier molecular flexibility index (Phi) is 7.39. The lowest BCUT2D eigenvalue weighted by Crippen LogP contribution is -2.48. The first-order valence-corrected chi connectivity index (χ1v) is 10.6. The van der Waals surface area contributed by atoms with Gasteiger partial charge in [0.2, 0.25) is 5.91 Å². The molecule has 1 amide bonds. The van der Waals surface area contributed by atoms with E-state index in [2.05, 4.69) is 43.9 Å². The minimum absolute atomic E-state index is 0.0425. The second-order valence-corrected chi connectivity index (χ2v) is 7.62. The van der Waals surface area contributed by atoms with Gasteiger partial charge >= 0.3 is 0 Å². The predicted molar refractivity (Wildman–Crippen MR) is 123 cm³/mol. The number of hydrogen-bond acceptors (Lipinski definition) is 4. The predicted octanol–water partition coefficient (Wildman–Crippen LogP) is 4.46. The van der Waals surface area contributed by atoms with Crippen molar-refractivity contribution in [3.8, 4) is 11.5 Å². The van der Waals surface area contributed by atoms with E-state index in [0.29, 0.717) is 12.4 Å². The summed E-state index contributed by atoms with van der Waals surface area (Å²) < 4.78 is 11.1. The van der Waals surface area contributed by atoms with Crippen LogP contribution in [0.4, 0.5) is 5.69 Å². The van der Waals surface area contributed by atoms with Gasteiger partial charge in [-0.2, -0.15) is 0 Å². The molecule has 0 saturated carbocycles. The number of amides is 1. The van der Waals surface area contributed by atoms with Crippen LogP contribution in [0.2, 0.25) is 0 Å². The van der Waals surface area contributed by atoms with Crippen LogP contribution in [0.5, 0.6) is 11.5 Å². The van der Waals surface area contributed by atoms with E-state index < -0.39 is 0 Å². The van der Waals surface area contributed by atoms with Gasteiger partial charge in [-0.15, -0.1) is 0 Å². The molecule has 0 spiro atoms. The summed E-state index contributed by atoms with van der Waals surface area (Å²) in [6, 6.07) is 12.1. The van der Waals surface area contributed by atoms with Gasteiger partial charge in [0.25, 0.3) is 0 Å². The molecule has 5 heteroatoms.